The molecule has 2 rings (SSSR count). The number of carbonyl (C=O) groups is 2. The van der Waals surface area contributed by atoms with Crippen LogP contribution in [0.15, 0.2) is 0 Å². The van der Waals surface area contributed by atoms with E-state index in [0.717, 1.165) is 6.29 Å². The van der Waals surface area contributed by atoms with Crippen LogP contribution >= 0.6 is 0 Å². The third-order valence-electron chi connectivity index (χ3n) is 3.21. The molecular formula is C10H16N2O2. The van der Waals surface area contributed by atoms with Gasteiger partial charge in [-0.1, -0.05) is 6.42 Å². The molecule has 0 aromatic heterocycles. The molecule has 0 aromatic rings. The van der Waals surface area contributed by atoms with Crippen LogP contribution in [0.4, 0.5) is 0 Å². The Morgan fingerprint density at radius 1 is 1.50 bits per heavy atom. The summed E-state index contributed by atoms with van der Waals surface area (Å²) in [6.07, 6.45) is 5.68. The van der Waals surface area contributed by atoms with Gasteiger partial charge in [-0.3, -0.25) is 9.80 Å². The van der Waals surface area contributed by atoms with E-state index in [1.807, 2.05) is 0 Å². The van der Waals surface area contributed by atoms with E-state index in [9.17, 15) is 9.59 Å². The minimum Gasteiger partial charge on any atom is -0.303 e. The molecule has 1 heterocycles. The van der Waals surface area contributed by atoms with Crippen molar-refractivity contribution in [1.82, 2.24) is 10.4 Å². The van der Waals surface area contributed by atoms with Crippen LogP contribution in [0, 0.1) is 5.92 Å². The molecule has 1 unspecified atom stereocenters. The number of hydrogen-bond donors (Lipinski definition) is 1. The van der Waals surface area contributed by atoms with Gasteiger partial charge in [-0.2, -0.15) is 0 Å². The Balaban J connectivity index is 1.83. The van der Waals surface area contributed by atoms with Crippen molar-refractivity contribution in [3.63, 3.8) is 0 Å². The highest BCUT2D eigenvalue weighted by atomic mass is 16.2. The third kappa shape index (κ3) is 1.80. The second kappa shape index (κ2) is 4.09. The first kappa shape index (κ1) is 9.65. The van der Waals surface area contributed by atoms with Crippen LogP contribution in [-0.2, 0) is 9.59 Å². The molecular weight excluding hydrogens is 180 g/mol. The zero-order chi connectivity index (χ0) is 9.97. The average Bonchev–Trinajstić information content (AvgIpc) is 2.40. The van der Waals surface area contributed by atoms with E-state index in [-0.39, 0.29) is 5.91 Å². The predicted molar refractivity (Wildman–Crippen MR) is 51.3 cm³/mol. The van der Waals surface area contributed by atoms with Crippen molar-refractivity contribution in [2.75, 3.05) is 6.54 Å². The Morgan fingerprint density at radius 2 is 2.29 bits per heavy atom. The van der Waals surface area contributed by atoms with Crippen molar-refractivity contribution in [3.05, 3.63) is 0 Å². The Hall–Kier alpha value is -0.900. The highest BCUT2D eigenvalue weighted by Crippen LogP contribution is 2.33. The summed E-state index contributed by atoms with van der Waals surface area (Å²) in [7, 11) is 0. The zero-order valence-corrected chi connectivity index (χ0v) is 8.24. The van der Waals surface area contributed by atoms with E-state index < -0.39 is 0 Å². The Morgan fingerprint density at radius 3 is 2.86 bits per heavy atom. The van der Waals surface area contributed by atoms with Gasteiger partial charge in [0.05, 0.1) is 0 Å². The molecule has 1 atom stereocenters. The van der Waals surface area contributed by atoms with Crippen LogP contribution in [-0.4, -0.2) is 29.8 Å². The molecule has 78 valence electrons. The number of hydrogen-bond acceptors (Lipinski definition) is 3. The molecule has 2 fully saturated rings. The predicted octanol–water partition coefficient (Wildman–Crippen LogP) is 0.481. The number of aldehydes is 1. The molecule has 0 bridgehead atoms. The molecule has 14 heavy (non-hydrogen) atoms. The average molecular weight is 196 g/mol. The van der Waals surface area contributed by atoms with Crippen molar-refractivity contribution < 1.29 is 9.59 Å². The first-order valence-corrected chi connectivity index (χ1v) is 5.31. The van der Waals surface area contributed by atoms with Crippen LogP contribution in [0.3, 0.4) is 0 Å². The van der Waals surface area contributed by atoms with E-state index in [4.69, 9.17) is 0 Å². The molecule has 1 amide bonds. The first-order chi connectivity index (χ1) is 6.81. The quantitative estimate of drug-likeness (QED) is 0.665. The van der Waals surface area contributed by atoms with Gasteiger partial charge in [0, 0.05) is 25.4 Å². The second-order valence-electron chi connectivity index (χ2n) is 4.13. The Labute approximate surface area is 83.6 Å². The Kier molecular flexibility index (Phi) is 2.82. The summed E-state index contributed by atoms with van der Waals surface area (Å²) in [5, 5.41) is 1.61. The van der Waals surface area contributed by atoms with Gasteiger partial charge in [0.25, 0.3) is 0 Å². The number of nitrogens with zero attached hydrogens (tertiary/aromatic N) is 1. The lowest BCUT2D eigenvalue weighted by atomic mass is 9.79. The van der Waals surface area contributed by atoms with Crippen LogP contribution in [0.2, 0.25) is 0 Å². The van der Waals surface area contributed by atoms with Gasteiger partial charge in [0.2, 0.25) is 5.91 Å². The molecule has 0 aromatic carbocycles. The standard InChI is InChI=1S/C10H16N2O2/c13-6-2-5-12-10(14)7-9(11-12)8-3-1-4-8/h6,8-9,11H,1-5,7H2. The number of carbonyl (C=O) groups excluding carboxylic acids is 2. The van der Waals surface area contributed by atoms with E-state index in [1.54, 1.807) is 5.01 Å². The zero-order valence-electron chi connectivity index (χ0n) is 8.24. The highest BCUT2D eigenvalue weighted by Gasteiger charge is 2.36. The van der Waals surface area contributed by atoms with E-state index in [2.05, 4.69) is 5.43 Å². The molecule has 1 saturated carbocycles. The molecule has 0 spiro atoms. The molecule has 1 saturated heterocycles. The smallest absolute Gasteiger partial charge is 0.238 e. The molecule has 2 aliphatic rings. The fourth-order valence-electron chi connectivity index (χ4n) is 2.10. The van der Waals surface area contributed by atoms with Gasteiger partial charge in [-0.05, 0) is 18.8 Å². The van der Waals surface area contributed by atoms with Crippen molar-refractivity contribution in [3.8, 4) is 0 Å². The summed E-state index contributed by atoms with van der Waals surface area (Å²) >= 11 is 0. The van der Waals surface area contributed by atoms with Crippen molar-refractivity contribution in [2.45, 2.75) is 38.1 Å². The molecule has 4 heteroatoms. The number of nitrogens with one attached hydrogen (secondary N) is 1. The second-order valence-corrected chi connectivity index (χ2v) is 4.13. The van der Waals surface area contributed by atoms with Gasteiger partial charge in [-0.25, -0.2) is 5.43 Å². The van der Waals surface area contributed by atoms with Crippen LogP contribution in [0.25, 0.3) is 0 Å². The van der Waals surface area contributed by atoms with Gasteiger partial charge >= 0.3 is 0 Å². The first-order valence-electron chi connectivity index (χ1n) is 5.31. The lowest BCUT2D eigenvalue weighted by Gasteiger charge is -2.31. The highest BCUT2D eigenvalue weighted by molar-refractivity contribution is 5.78. The number of amides is 1. The van der Waals surface area contributed by atoms with Gasteiger partial charge in [-0.15, -0.1) is 0 Å². The maximum atomic E-state index is 11.5. The largest absolute Gasteiger partial charge is 0.303 e. The van der Waals surface area contributed by atoms with Crippen LogP contribution in [0.1, 0.15) is 32.1 Å². The summed E-state index contributed by atoms with van der Waals surface area (Å²) in [4.78, 5) is 21.7. The molecule has 4 nitrogen and oxygen atoms in total. The lowest BCUT2D eigenvalue weighted by molar-refractivity contribution is -0.129. The fraction of sp³-hybridized carbons (Fsp3) is 0.800. The monoisotopic (exact) mass is 196 g/mol. The van der Waals surface area contributed by atoms with Crippen molar-refractivity contribution in [1.29, 1.82) is 0 Å². The summed E-state index contributed by atoms with van der Waals surface area (Å²) in [6, 6.07) is 0.336. The number of hydrazine groups is 1. The van der Waals surface area contributed by atoms with Crippen LogP contribution in [0.5, 0.6) is 0 Å². The van der Waals surface area contributed by atoms with Crippen LogP contribution < -0.4 is 5.43 Å². The summed E-state index contributed by atoms with van der Waals surface area (Å²) in [6.45, 7) is 0.519. The lowest BCUT2D eigenvalue weighted by Crippen LogP contribution is -2.42. The van der Waals surface area contributed by atoms with Gasteiger partial charge in [0.15, 0.2) is 0 Å². The Bertz CT molecular complexity index is 238. The molecule has 0 radical (unpaired) electrons. The van der Waals surface area contributed by atoms with E-state index in [1.165, 1.54) is 19.3 Å². The van der Waals surface area contributed by atoms with Crippen molar-refractivity contribution in [2.24, 2.45) is 5.92 Å². The SMILES string of the molecule is O=CCCN1NC(C2CCC2)CC1=O. The van der Waals surface area contributed by atoms with Gasteiger partial charge < -0.3 is 4.79 Å². The minimum absolute atomic E-state index is 0.142. The fourth-order valence-corrected chi connectivity index (χ4v) is 2.10. The van der Waals surface area contributed by atoms with Gasteiger partial charge in [0.1, 0.15) is 6.29 Å². The van der Waals surface area contributed by atoms with Crippen molar-refractivity contribution >= 4 is 12.2 Å². The maximum Gasteiger partial charge on any atom is 0.238 e. The van der Waals surface area contributed by atoms with E-state index >= 15 is 0 Å². The normalized spacial score (nSPS) is 27.9. The molecule has 1 aliphatic heterocycles. The van der Waals surface area contributed by atoms with E-state index in [0.29, 0.717) is 31.3 Å². The topological polar surface area (TPSA) is 49.4 Å². The summed E-state index contributed by atoms with van der Waals surface area (Å²) in [5.41, 5.74) is 3.20. The maximum absolute atomic E-state index is 11.5. The molecule has 1 aliphatic carbocycles. The third-order valence-corrected chi connectivity index (χ3v) is 3.21. The number of rotatable bonds is 4. The minimum atomic E-state index is 0.142. The molecule has 1 N–H and O–H groups in total. The summed E-state index contributed by atoms with van der Waals surface area (Å²) < 4.78 is 0. The summed E-state index contributed by atoms with van der Waals surface area (Å²) in [5.74, 6) is 0.823.